The minimum absolute atomic E-state index is 0. The van der Waals surface area contributed by atoms with E-state index in [1.807, 2.05) is 23.1 Å². The van der Waals surface area contributed by atoms with E-state index in [1.54, 1.807) is 6.07 Å². The molecule has 0 unspecified atom stereocenters. The summed E-state index contributed by atoms with van der Waals surface area (Å²) in [5.74, 6) is 0.773. The standard InChI is InChI=1S/C16H24N2O.ClH/c1-16(2,3)12-8-10-18(11-9-12)15(19)13-6-4-5-7-14(13)17;/h4-7,12H,8-11,17H2,1-3H3;1H. The molecule has 2 N–H and O–H groups in total. The van der Waals surface area contributed by atoms with Gasteiger partial charge in [-0.2, -0.15) is 0 Å². The van der Waals surface area contributed by atoms with Crippen molar-refractivity contribution >= 4 is 24.0 Å². The summed E-state index contributed by atoms with van der Waals surface area (Å²) in [4.78, 5) is 14.4. The maximum Gasteiger partial charge on any atom is 0.255 e. The average molecular weight is 297 g/mol. The van der Waals surface area contributed by atoms with Crippen LogP contribution in [0.2, 0.25) is 0 Å². The molecule has 0 atom stereocenters. The van der Waals surface area contributed by atoms with Crippen LogP contribution < -0.4 is 5.73 Å². The van der Waals surface area contributed by atoms with Gasteiger partial charge < -0.3 is 10.6 Å². The Morgan fingerprint density at radius 1 is 1.20 bits per heavy atom. The summed E-state index contributed by atoms with van der Waals surface area (Å²) in [6.07, 6.45) is 2.17. The van der Waals surface area contributed by atoms with Crippen molar-refractivity contribution in [1.29, 1.82) is 0 Å². The number of anilines is 1. The van der Waals surface area contributed by atoms with Crippen LogP contribution in [0.15, 0.2) is 24.3 Å². The molecule has 0 saturated carbocycles. The number of hydrogen-bond acceptors (Lipinski definition) is 2. The highest BCUT2D eigenvalue weighted by molar-refractivity contribution is 5.99. The molecule has 0 radical (unpaired) electrons. The molecule has 1 saturated heterocycles. The third-order valence-electron chi connectivity index (χ3n) is 4.20. The molecule has 1 aliphatic heterocycles. The van der Waals surface area contributed by atoms with Crippen LogP contribution in [-0.4, -0.2) is 23.9 Å². The summed E-state index contributed by atoms with van der Waals surface area (Å²) in [5, 5.41) is 0. The number of nitrogen functional groups attached to an aromatic ring is 1. The molecule has 0 aliphatic carbocycles. The van der Waals surface area contributed by atoms with Crippen LogP contribution in [0.25, 0.3) is 0 Å². The van der Waals surface area contributed by atoms with E-state index in [2.05, 4.69) is 20.8 Å². The van der Waals surface area contributed by atoms with Crippen LogP contribution in [0.4, 0.5) is 5.69 Å². The first-order valence-corrected chi connectivity index (χ1v) is 7.03. The van der Waals surface area contributed by atoms with E-state index in [-0.39, 0.29) is 18.3 Å². The summed E-state index contributed by atoms with van der Waals surface area (Å²) >= 11 is 0. The van der Waals surface area contributed by atoms with Gasteiger partial charge >= 0.3 is 0 Å². The van der Waals surface area contributed by atoms with Gasteiger partial charge in [0.1, 0.15) is 0 Å². The van der Waals surface area contributed by atoms with Crippen molar-refractivity contribution in [3.8, 4) is 0 Å². The Morgan fingerprint density at radius 2 is 1.75 bits per heavy atom. The number of rotatable bonds is 1. The van der Waals surface area contributed by atoms with E-state index >= 15 is 0 Å². The number of carbonyl (C=O) groups is 1. The number of benzene rings is 1. The van der Waals surface area contributed by atoms with Crippen molar-refractivity contribution in [3.63, 3.8) is 0 Å². The molecule has 0 aromatic heterocycles. The first-order valence-electron chi connectivity index (χ1n) is 7.03. The molecule has 1 fully saturated rings. The second kappa shape index (κ2) is 6.49. The number of nitrogens with two attached hydrogens (primary N) is 1. The quantitative estimate of drug-likeness (QED) is 0.805. The number of likely N-dealkylation sites (tertiary alicyclic amines) is 1. The summed E-state index contributed by atoms with van der Waals surface area (Å²) in [5.41, 5.74) is 7.42. The fraction of sp³-hybridized carbons (Fsp3) is 0.562. The number of piperidine rings is 1. The Labute approximate surface area is 127 Å². The smallest absolute Gasteiger partial charge is 0.255 e. The lowest BCUT2D eigenvalue weighted by atomic mass is 9.75. The lowest BCUT2D eigenvalue weighted by Crippen LogP contribution is -2.41. The molecule has 0 spiro atoms. The second-order valence-corrected chi connectivity index (χ2v) is 6.52. The van der Waals surface area contributed by atoms with Crippen LogP contribution in [0.1, 0.15) is 44.0 Å². The molecule has 2 rings (SSSR count). The number of halogens is 1. The van der Waals surface area contributed by atoms with Gasteiger partial charge in [-0.15, -0.1) is 12.4 Å². The molecule has 20 heavy (non-hydrogen) atoms. The average Bonchev–Trinajstić information content (AvgIpc) is 2.38. The minimum atomic E-state index is 0. The Morgan fingerprint density at radius 3 is 2.25 bits per heavy atom. The van der Waals surface area contributed by atoms with Crippen molar-refractivity contribution < 1.29 is 4.79 Å². The lowest BCUT2D eigenvalue weighted by molar-refractivity contribution is 0.0610. The van der Waals surface area contributed by atoms with E-state index in [4.69, 9.17) is 5.73 Å². The number of nitrogens with zero attached hydrogens (tertiary/aromatic N) is 1. The summed E-state index contributed by atoms with van der Waals surface area (Å²) in [6.45, 7) is 8.53. The maximum atomic E-state index is 12.4. The Bertz CT molecular complexity index is 460. The fourth-order valence-electron chi connectivity index (χ4n) is 2.81. The van der Waals surface area contributed by atoms with Crippen molar-refractivity contribution in [2.45, 2.75) is 33.6 Å². The van der Waals surface area contributed by atoms with Gasteiger partial charge in [-0.25, -0.2) is 0 Å². The Kier molecular flexibility index (Phi) is 5.46. The van der Waals surface area contributed by atoms with Crippen molar-refractivity contribution in [2.24, 2.45) is 11.3 Å². The fourth-order valence-corrected chi connectivity index (χ4v) is 2.81. The number of para-hydroxylation sites is 1. The highest BCUT2D eigenvalue weighted by Crippen LogP contribution is 2.34. The van der Waals surface area contributed by atoms with Crippen molar-refractivity contribution in [1.82, 2.24) is 4.90 Å². The summed E-state index contributed by atoms with van der Waals surface area (Å²) in [6, 6.07) is 7.33. The third kappa shape index (κ3) is 3.66. The van der Waals surface area contributed by atoms with Crippen LogP contribution in [-0.2, 0) is 0 Å². The van der Waals surface area contributed by atoms with Crippen molar-refractivity contribution in [2.75, 3.05) is 18.8 Å². The zero-order chi connectivity index (χ0) is 14.0. The van der Waals surface area contributed by atoms with Gasteiger partial charge in [-0.3, -0.25) is 4.79 Å². The van der Waals surface area contributed by atoms with Gasteiger partial charge in [-0.05, 0) is 36.3 Å². The molecule has 1 amide bonds. The van der Waals surface area contributed by atoms with Gasteiger partial charge in [0.25, 0.3) is 5.91 Å². The first kappa shape index (κ1) is 16.8. The van der Waals surface area contributed by atoms with Gasteiger partial charge in [0.15, 0.2) is 0 Å². The van der Waals surface area contributed by atoms with Gasteiger partial charge in [0.05, 0.1) is 5.56 Å². The van der Waals surface area contributed by atoms with Crippen LogP contribution >= 0.6 is 12.4 Å². The number of amides is 1. The topological polar surface area (TPSA) is 46.3 Å². The molecule has 0 bridgehead atoms. The molecule has 3 nitrogen and oxygen atoms in total. The zero-order valence-electron chi connectivity index (χ0n) is 12.6. The van der Waals surface area contributed by atoms with Crippen LogP contribution in [0, 0.1) is 11.3 Å². The third-order valence-corrected chi connectivity index (χ3v) is 4.20. The summed E-state index contributed by atoms with van der Waals surface area (Å²) < 4.78 is 0. The lowest BCUT2D eigenvalue weighted by Gasteiger charge is -2.38. The molecular formula is C16H25ClN2O. The molecule has 1 heterocycles. The first-order chi connectivity index (χ1) is 8.89. The van der Waals surface area contributed by atoms with Crippen LogP contribution in [0.5, 0.6) is 0 Å². The summed E-state index contributed by atoms with van der Waals surface area (Å²) in [7, 11) is 0. The second-order valence-electron chi connectivity index (χ2n) is 6.52. The molecule has 1 aromatic rings. The molecule has 4 heteroatoms. The van der Waals surface area contributed by atoms with Gasteiger partial charge in [0.2, 0.25) is 0 Å². The molecule has 1 aliphatic rings. The Balaban J connectivity index is 0.00000200. The highest BCUT2D eigenvalue weighted by Gasteiger charge is 2.30. The predicted octanol–water partition coefficient (Wildman–Crippen LogP) is 3.59. The molecule has 112 valence electrons. The largest absolute Gasteiger partial charge is 0.398 e. The van der Waals surface area contributed by atoms with E-state index in [1.165, 1.54) is 0 Å². The van der Waals surface area contributed by atoms with Crippen molar-refractivity contribution in [3.05, 3.63) is 29.8 Å². The molecule has 1 aromatic carbocycles. The monoisotopic (exact) mass is 296 g/mol. The normalized spacial score (nSPS) is 16.6. The Hall–Kier alpha value is -1.22. The molecular weight excluding hydrogens is 272 g/mol. The number of carbonyl (C=O) groups excluding carboxylic acids is 1. The van der Waals surface area contributed by atoms with E-state index in [0.29, 0.717) is 22.6 Å². The van der Waals surface area contributed by atoms with Gasteiger partial charge in [0, 0.05) is 18.8 Å². The van der Waals surface area contributed by atoms with E-state index in [0.717, 1.165) is 25.9 Å². The van der Waals surface area contributed by atoms with E-state index < -0.39 is 0 Å². The minimum Gasteiger partial charge on any atom is -0.398 e. The maximum absolute atomic E-state index is 12.4. The van der Waals surface area contributed by atoms with Crippen LogP contribution in [0.3, 0.4) is 0 Å². The predicted molar refractivity (Wildman–Crippen MR) is 86.2 cm³/mol. The van der Waals surface area contributed by atoms with Gasteiger partial charge in [-0.1, -0.05) is 32.9 Å². The highest BCUT2D eigenvalue weighted by atomic mass is 35.5. The number of hydrogen-bond donors (Lipinski definition) is 1. The zero-order valence-corrected chi connectivity index (χ0v) is 13.4. The van der Waals surface area contributed by atoms with E-state index in [9.17, 15) is 4.79 Å². The SMILES string of the molecule is CC(C)(C)C1CCN(C(=O)c2ccccc2N)CC1.Cl.